The van der Waals surface area contributed by atoms with Gasteiger partial charge in [0.15, 0.2) is 12.4 Å². The molecule has 1 aliphatic rings. The molecule has 0 aliphatic heterocycles. The van der Waals surface area contributed by atoms with E-state index in [-0.39, 0.29) is 10.9 Å². The molecule has 3 aromatic heterocycles. The van der Waals surface area contributed by atoms with Gasteiger partial charge in [-0.15, -0.1) is 0 Å². The van der Waals surface area contributed by atoms with Gasteiger partial charge in [-0.1, -0.05) is 17.9 Å². The van der Waals surface area contributed by atoms with Crippen LogP contribution in [-0.4, -0.2) is 26.3 Å². The molecule has 8 heteroatoms. The molecule has 1 aliphatic carbocycles. The molecule has 2 N–H and O–H groups in total. The molecule has 0 saturated heterocycles. The summed E-state index contributed by atoms with van der Waals surface area (Å²) in [5, 5.41) is 24.3. The van der Waals surface area contributed by atoms with Gasteiger partial charge >= 0.3 is 0 Å². The lowest BCUT2D eigenvalue weighted by atomic mass is 10.1. The number of carbonyl (C=O) groups is 1. The van der Waals surface area contributed by atoms with E-state index in [4.69, 9.17) is 0 Å². The summed E-state index contributed by atoms with van der Waals surface area (Å²) in [6, 6.07) is 13.8. The van der Waals surface area contributed by atoms with E-state index < -0.39 is 17.1 Å². The zero-order valence-corrected chi connectivity index (χ0v) is 17.4. The number of pyridine rings is 3. The lowest BCUT2D eigenvalue weighted by molar-refractivity contribution is -0.605. The summed E-state index contributed by atoms with van der Waals surface area (Å²) in [4.78, 5) is 30.1. The van der Waals surface area contributed by atoms with Gasteiger partial charge in [0, 0.05) is 29.7 Å². The third kappa shape index (κ3) is 4.18. The first-order chi connectivity index (χ1) is 15.9. The maximum Gasteiger partial charge on any atom is 0.258 e. The third-order valence-electron chi connectivity index (χ3n) is 5.33. The lowest BCUT2D eigenvalue weighted by Gasteiger charge is -2.14. The number of benzene rings is 1. The Kier molecular flexibility index (Phi) is 4.89. The second-order valence-electron chi connectivity index (χ2n) is 7.86. The van der Waals surface area contributed by atoms with Gasteiger partial charge in [0.1, 0.15) is 16.9 Å². The molecule has 1 aromatic carbocycles. The molecule has 0 atom stereocenters. The summed E-state index contributed by atoms with van der Waals surface area (Å²) in [5.74, 6) is 5.34. The van der Waals surface area contributed by atoms with E-state index in [1.807, 2.05) is 12.1 Å². The predicted octanol–water partition coefficient (Wildman–Crippen LogP) is 1.63. The predicted molar refractivity (Wildman–Crippen MR) is 120 cm³/mol. The normalized spacial score (nSPS) is 13.7. The van der Waals surface area contributed by atoms with Gasteiger partial charge in [-0.05, 0) is 49.2 Å². The van der Waals surface area contributed by atoms with Crippen molar-refractivity contribution in [3.63, 3.8) is 0 Å². The lowest BCUT2D eigenvalue weighted by Crippen LogP contribution is -2.39. The zero-order valence-electron chi connectivity index (χ0n) is 17.4. The number of rotatable bonds is 3. The number of hydrogen-bond donors (Lipinski definition) is 2. The van der Waals surface area contributed by atoms with E-state index in [1.165, 1.54) is 18.6 Å². The first kappa shape index (κ1) is 20.4. The molecular formula is C25H18N4O4. The van der Waals surface area contributed by atoms with E-state index in [0.29, 0.717) is 40.0 Å². The van der Waals surface area contributed by atoms with Gasteiger partial charge in [-0.3, -0.25) is 9.59 Å². The summed E-state index contributed by atoms with van der Waals surface area (Å²) in [6.07, 6.45) is 6.68. The van der Waals surface area contributed by atoms with Gasteiger partial charge in [0.25, 0.3) is 5.91 Å². The second kappa shape index (κ2) is 7.89. The number of aromatic nitrogens is 3. The van der Waals surface area contributed by atoms with E-state index in [0.717, 1.165) is 0 Å². The highest BCUT2D eigenvalue weighted by atomic mass is 16.5. The highest BCUT2D eigenvalue weighted by Crippen LogP contribution is 2.31. The minimum atomic E-state index is -1.24. The summed E-state index contributed by atoms with van der Waals surface area (Å²) in [5.41, 5.74) is 0.508. The molecule has 8 nitrogen and oxygen atoms in total. The fourth-order valence-electron chi connectivity index (χ4n) is 3.45. The van der Waals surface area contributed by atoms with Gasteiger partial charge < -0.3 is 20.2 Å². The van der Waals surface area contributed by atoms with Crippen molar-refractivity contribution in [2.45, 2.75) is 18.6 Å². The Morgan fingerprint density at radius 1 is 1.15 bits per heavy atom. The van der Waals surface area contributed by atoms with Crippen molar-refractivity contribution < 1.29 is 14.6 Å². The van der Waals surface area contributed by atoms with Crippen molar-refractivity contribution in [2.24, 2.45) is 0 Å². The van der Waals surface area contributed by atoms with Gasteiger partial charge in [0.05, 0.1) is 10.9 Å². The topological polar surface area (TPSA) is 111 Å². The first-order valence-electron chi connectivity index (χ1n) is 10.3. The summed E-state index contributed by atoms with van der Waals surface area (Å²) >= 11 is 0. The molecule has 3 heterocycles. The molecule has 0 unspecified atom stereocenters. The average Bonchev–Trinajstić information content (AvgIpc) is 3.54. The van der Waals surface area contributed by atoms with Crippen LogP contribution in [0.1, 0.15) is 34.3 Å². The summed E-state index contributed by atoms with van der Waals surface area (Å²) in [7, 11) is 0. The third-order valence-corrected chi connectivity index (χ3v) is 5.33. The minimum Gasteiger partial charge on any atom is -0.619 e. The Morgan fingerprint density at radius 3 is 2.73 bits per heavy atom. The first-order valence-corrected chi connectivity index (χ1v) is 10.3. The Balaban J connectivity index is 1.60. The van der Waals surface area contributed by atoms with E-state index in [2.05, 4.69) is 22.1 Å². The molecule has 1 amide bonds. The molecule has 162 valence electrons. The van der Waals surface area contributed by atoms with Crippen LogP contribution in [0.4, 0.5) is 0 Å². The quantitative estimate of drug-likeness (QED) is 0.219. The maximum atomic E-state index is 13.0. The van der Waals surface area contributed by atoms with Crippen LogP contribution in [0.25, 0.3) is 16.7 Å². The van der Waals surface area contributed by atoms with Crippen LogP contribution in [0.2, 0.25) is 0 Å². The number of nitrogens with one attached hydrogen (secondary N) is 1. The standard InChI is InChI=1S/C25H18N4O4/c30-22-20-7-2-12-26-23(20)29(16-21(22)24(31)27-25(32)10-11-25)19-6-1-4-17(14-19)8-9-18-5-3-13-28(33)15-18/h1-7,12-16,32H,10-11H2,(H,27,31). The molecule has 5 rings (SSSR count). The molecular weight excluding hydrogens is 420 g/mol. The monoisotopic (exact) mass is 438 g/mol. The average molecular weight is 438 g/mol. The number of nitrogens with zero attached hydrogens (tertiary/aromatic N) is 3. The number of amides is 1. The van der Waals surface area contributed by atoms with E-state index in [1.54, 1.807) is 47.2 Å². The van der Waals surface area contributed by atoms with Gasteiger partial charge in [-0.25, -0.2) is 4.98 Å². The Morgan fingerprint density at radius 2 is 1.94 bits per heavy atom. The molecule has 0 bridgehead atoms. The van der Waals surface area contributed by atoms with Crippen LogP contribution in [0.5, 0.6) is 0 Å². The molecule has 4 aromatic rings. The molecule has 1 saturated carbocycles. The van der Waals surface area contributed by atoms with Crippen LogP contribution >= 0.6 is 0 Å². The van der Waals surface area contributed by atoms with Crippen LogP contribution in [0.15, 0.2) is 78.1 Å². The van der Waals surface area contributed by atoms with E-state index in [9.17, 15) is 19.9 Å². The van der Waals surface area contributed by atoms with Crippen molar-refractivity contribution in [3.05, 3.63) is 105 Å². The maximum absolute atomic E-state index is 13.0. The highest BCUT2D eigenvalue weighted by molar-refractivity contribution is 5.97. The minimum absolute atomic E-state index is 0.0865. The van der Waals surface area contributed by atoms with Crippen molar-refractivity contribution in [3.8, 4) is 17.5 Å². The highest BCUT2D eigenvalue weighted by Gasteiger charge is 2.42. The molecule has 0 spiro atoms. The molecule has 1 fully saturated rings. The summed E-state index contributed by atoms with van der Waals surface area (Å²) < 4.78 is 2.34. The smallest absolute Gasteiger partial charge is 0.258 e. The molecule has 0 radical (unpaired) electrons. The van der Waals surface area contributed by atoms with Crippen LogP contribution in [0, 0.1) is 17.0 Å². The SMILES string of the molecule is O=C(NC1(O)CC1)c1cn(-c2cccc(C#Cc3ccc[n+]([O-])c3)c2)c2ncccc2c1=O. The summed E-state index contributed by atoms with van der Waals surface area (Å²) in [6.45, 7) is 0. The molecule has 33 heavy (non-hydrogen) atoms. The van der Waals surface area contributed by atoms with Crippen LogP contribution in [-0.2, 0) is 0 Å². The van der Waals surface area contributed by atoms with Gasteiger partial charge in [0.2, 0.25) is 5.43 Å². The van der Waals surface area contributed by atoms with Gasteiger partial charge in [-0.2, -0.15) is 4.73 Å². The van der Waals surface area contributed by atoms with Crippen LogP contribution in [0.3, 0.4) is 0 Å². The Labute approximate surface area is 188 Å². The van der Waals surface area contributed by atoms with Crippen LogP contribution < -0.4 is 15.5 Å². The van der Waals surface area contributed by atoms with Crippen molar-refractivity contribution in [1.29, 1.82) is 0 Å². The van der Waals surface area contributed by atoms with Crippen molar-refractivity contribution in [2.75, 3.05) is 0 Å². The number of fused-ring (bicyclic) bond motifs is 1. The Bertz CT molecular complexity index is 1530. The number of hydrogen-bond acceptors (Lipinski definition) is 5. The fraction of sp³-hybridized carbons (Fsp3) is 0.120. The zero-order chi connectivity index (χ0) is 23.0. The van der Waals surface area contributed by atoms with Crippen molar-refractivity contribution in [1.82, 2.24) is 14.9 Å². The number of aliphatic hydroxyl groups is 1. The van der Waals surface area contributed by atoms with E-state index >= 15 is 0 Å². The fourth-order valence-corrected chi connectivity index (χ4v) is 3.45. The Hall–Kier alpha value is -4.48. The second-order valence-corrected chi connectivity index (χ2v) is 7.86. The number of carbonyl (C=O) groups excluding carboxylic acids is 1. The van der Waals surface area contributed by atoms with Crippen molar-refractivity contribution >= 4 is 16.9 Å². The largest absolute Gasteiger partial charge is 0.619 e.